The fourth-order valence-corrected chi connectivity index (χ4v) is 2.11. The van der Waals surface area contributed by atoms with Gasteiger partial charge in [-0.2, -0.15) is 0 Å². The van der Waals surface area contributed by atoms with E-state index >= 15 is 0 Å². The molecule has 0 aliphatic heterocycles. The number of carbonyl (C=O) groups is 2. The molecule has 0 unspecified atom stereocenters. The molecule has 0 aliphatic carbocycles. The van der Waals surface area contributed by atoms with E-state index in [9.17, 15) is 9.59 Å². The Morgan fingerprint density at radius 2 is 1.96 bits per heavy atom. The second kappa shape index (κ2) is 8.29. The molecule has 120 valence electrons. The Balaban J connectivity index is 1.97. The quantitative estimate of drug-likeness (QED) is 0.822. The van der Waals surface area contributed by atoms with Gasteiger partial charge in [0.05, 0.1) is 6.61 Å². The maximum Gasteiger partial charge on any atom is 0.341 e. The third kappa shape index (κ3) is 5.07. The van der Waals surface area contributed by atoms with Crippen molar-refractivity contribution in [3.63, 3.8) is 0 Å². The van der Waals surface area contributed by atoms with E-state index in [1.165, 1.54) is 6.20 Å². The van der Waals surface area contributed by atoms with Gasteiger partial charge in [-0.1, -0.05) is 23.7 Å². The average molecular weight is 333 g/mol. The van der Waals surface area contributed by atoms with Crippen LogP contribution in [0.1, 0.15) is 29.3 Å². The first-order valence-electron chi connectivity index (χ1n) is 7.26. The van der Waals surface area contributed by atoms with Crippen molar-refractivity contribution >= 4 is 29.3 Å². The van der Waals surface area contributed by atoms with Crippen molar-refractivity contribution in [1.29, 1.82) is 0 Å². The number of hydrogen-bond acceptors (Lipinski definition) is 4. The lowest BCUT2D eigenvalue weighted by Crippen LogP contribution is -2.17. The van der Waals surface area contributed by atoms with Gasteiger partial charge in [0.15, 0.2) is 0 Å². The van der Waals surface area contributed by atoms with Crippen LogP contribution in [0.3, 0.4) is 0 Å². The van der Waals surface area contributed by atoms with Crippen LogP contribution in [0.2, 0.25) is 5.02 Å². The number of pyridine rings is 1. The predicted octanol–water partition coefficient (Wildman–Crippen LogP) is 3.48. The van der Waals surface area contributed by atoms with Crippen LogP contribution in [0.4, 0.5) is 5.82 Å². The summed E-state index contributed by atoms with van der Waals surface area (Å²) in [7, 11) is 0. The highest BCUT2D eigenvalue weighted by Gasteiger charge is 2.15. The van der Waals surface area contributed by atoms with E-state index in [4.69, 9.17) is 16.3 Å². The van der Waals surface area contributed by atoms with Gasteiger partial charge in [-0.3, -0.25) is 4.79 Å². The van der Waals surface area contributed by atoms with Crippen molar-refractivity contribution in [3.05, 3.63) is 58.7 Å². The molecule has 6 heteroatoms. The molecule has 0 saturated carbocycles. The number of benzene rings is 1. The summed E-state index contributed by atoms with van der Waals surface area (Å²) < 4.78 is 4.95. The minimum atomic E-state index is -0.506. The van der Waals surface area contributed by atoms with E-state index in [1.54, 1.807) is 31.2 Å². The third-order valence-corrected chi connectivity index (χ3v) is 3.37. The van der Waals surface area contributed by atoms with Gasteiger partial charge in [0.25, 0.3) is 0 Å². The van der Waals surface area contributed by atoms with Crippen LogP contribution in [0.15, 0.2) is 42.6 Å². The van der Waals surface area contributed by atoms with Crippen LogP contribution in [0.25, 0.3) is 0 Å². The maximum absolute atomic E-state index is 12.1. The zero-order valence-corrected chi connectivity index (χ0v) is 13.5. The number of anilines is 1. The first kappa shape index (κ1) is 17.0. The lowest BCUT2D eigenvalue weighted by molar-refractivity contribution is -0.116. The summed E-state index contributed by atoms with van der Waals surface area (Å²) in [6.07, 6.45) is 2.36. The molecule has 1 N–H and O–H groups in total. The Labute approximate surface area is 139 Å². The van der Waals surface area contributed by atoms with Crippen LogP contribution in [0, 0.1) is 0 Å². The molecule has 1 amide bonds. The van der Waals surface area contributed by atoms with Gasteiger partial charge in [0.2, 0.25) is 5.91 Å². The summed E-state index contributed by atoms with van der Waals surface area (Å²) in [5, 5.41) is 3.31. The molecular formula is C17H17ClN2O3. The molecule has 0 radical (unpaired) electrons. The summed E-state index contributed by atoms with van der Waals surface area (Å²) in [6.45, 7) is 1.98. The number of hydrogen-bond donors (Lipinski definition) is 1. The minimum absolute atomic E-state index is 0.215. The Morgan fingerprint density at radius 3 is 2.65 bits per heavy atom. The van der Waals surface area contributed by atoms with Crippen LogP contribution < -0.4 is 5.32 Å². The molecule has 0 aliphatic rings. The second-order valence-corrected chi connectivity index (χ2v) is 5.23. The van der Waals surface area contributed by atoms with Crippen molar-refractivity contribution in [1.82, 2.24) is 4.98 Å². The SMILES string of the molecule is CCOC(=O)c1cccnc1NC(=O)CCc1ccc(Cl)cc1. The largest absolute Gasteiger partial charge is 0.462 e. The molecule has 0 fully saturated rings. The normalized spacial score (nSPS) is 10.2. The van der Waals surface area contributed by atoms with Crippen molar-refractivity contribution in [2.24, 2.45) is 0 Å². The first-order chi connectivity index (χ1) is 11.1. The molecule has 0 atom stereocenters. The highest BCUT2D eigenvalue weighted by molar-refractivity contribution is 6.30. The fraction of sp³-hybridized carbons (Fsp3) is 0.235. The molecule has 2 rings (SSSR count). The Bertz CT molecular complexity index is 686. The van der Waals surface area contributed by atoms with E-state index in [1.807, 2.05) is 12.1 Å². The summed E-state index contributed by atoms with van der Waals surface area (Å²) in [5.41, 5.74) is 1.25. The van der Waals surface area contributed by atoms with Crippen LogP contribution in [-0.4, -0.2) is 23.5 Å². The number of nitrogens with one attached hydrogen (secondary N) is 1. The number of halogens is 1. The van der Waals surface area contributed by atoms with E-state index in [-0.39, 0.29) is 30.3 Å². The average Bonchev–Trinajstić information content (AvgIpc) is 2.55. The fourth-order valence-electron chi connectivity index (χ4n) is 1.98. The van der Waals surface area contributed by atoms with Crippen LogP contribution in [-0.2, 0) is 16.0 Å². The molecule has 2 aromatic rings. The second-order valence-electron chi connectivity index (χ2n) is 4.79. The smallest absolute Gasteiger partial charge is 0.341 e. The molecule has 0 spiro atoms. The van der Waals surface area contributed by atoms with E-state index < -0.39 is 5.97 Å². The van der Waals surface area contributed by atoms with Gasteiger partial charge in [0.1, 0.15) is 11.4 Å². The van der Waals surface area contributed by atoms with Gasteiger partial charge < -0.3 is 10.1 Å². The molecular weight excluding hydrogens is 316 g/mol. The monoisotopic (exact) mass is 332 g/mol. The number of amides is 1. The summed E-state index contributed by atoms with van der Waals surface area (Å²) in [4.78, 5) is 27.9. The number of aromatic nitrogens is 1. The number of aryl methyl sites for hydroxylation is 1. The zero-order chi connectivity index (χ0) is 16.7. The van der Waals surface area contributed by atoms with E-state index in [0.29, 0.717) is 11.4 Å². The van der Waals surface area contributed by atoms with Crippen LogP contribution >= 0.6 is 11.6 Å². The number of esters is 1. The van der Waals surface area contributed by atoms with Gasteiger partial charge >= 0.3 is 5.97 Å². The lowest BCUT2D eigenvalue weighted by atomic mass is 10.1. The Morgan fingerprint density at radius 1 is 1.22 bits per heavy atom. The first-order valence-corrected chi connectivity index (χ1v) is 7.64. The summed E-state index contributed by atoms with van der Waals surface area (Å²) in [5.74, 6) is -0.509. The summed E-state index contributed by atoms with van der Waals surface area (Å²) in [6, 6.07) is 10.5. The Kier molecular flexibility index (Phi) is 6.11. The molecule has 1 aromatic heterocycles. The molecule has 5 nitrogen and oxygen atoms in total. The summed E-state index contributed by atoms with van der Waals surface area (Å²) >= 11 is 5.82. The van der Waals surface area contributed by atoms with Crippen molar-refractivity contribution in [2.45, 2.75) is 19.8 Å². The molecule has 0 bridgehead atoms. The zero-order valence-electron chi connectivity index (χ0n) is 12.7. The maximum atomic E-state index is 12.1. The number of ether oxygens (including phenoxy) is 1. The number of nitrogens with zero attached hydrogens (tertiary/aromatic N) is 1. The Hall–Kier alpha value is -2.40. The predicted molar refractivity (Wildman–Crippen MR) is 88.6 cm³/mol. The van der Waals surface area contributed by atoms with Gasteiger partial charge in [-0.15, -0.1) is 0 Å². The number of carbonyl (C=O) groups excluding carboxylic acids is 2. The van der Waals surface area contributed by atoms with Gasteiger partial charge in [-0.25, -0.2) is 9.78 Å². The molecule has 1 aromatic carbocycles. The van der Waals surface area contributed by atoms with Crippen LogP contribution in [0.5, 0.6) is 0 Å². The molecule has 0 saturated heterocycles. The third-order valence-electron chi connectivity index (χ3n) is 3.11. The van der Waals surface area contributed by atoms with E-state index in [0.717, 1.165) is 5.56 Å². The topological polar surface area (TPSA) is 68.3 Å². The number of rotatable bonds is 6. The van der Waals surface area contributed by atoms with Crippen molar-refractivity contribution in [3.8, 4) is 0 Å². The van der Waals surface area contributed by atoms with Crippen molar-refractivity contribution in [2.75, 3.05) is 11.9 Å². The van der Waals surface area contributed by atoms with E-state index in [2.05, 4.69) is 10.3 Å². The molecule has 23 heavy (non-hydrogen) atoms. The van der Waals surface area contributed by atoms with Crippen molar-refractivity contribution < 1.29 is 14.3 Å². The minimum Gasteiger partial charge on any atom is -0.462 e. The lowest BCUT2D eigenvalue weighted by Gasteiger charge is -2.09. The highest BCUT2D eigenvalue weighted by Crippen LogP contribution is 2.15. The molecule has 1 heterocycles. The van der Waals surface area contributed by atoms with Gasteiger partial charge in [-0.05, 0) is 43.2 Å². The standard InChI is InChI=1S/C17H17ClN2O3/c1-2-23-17(22)14-4-3-11-19-16(14)20-15(21)10-7-12-5-8-13(18)9-6-12/h3-6,8-9,11H,2,7,10H2,1H3,(H,19,20,21). The highest BCUT2D eigenvalue weighted by atomic mass is 35.5. The van der Waals surface area contributed by atoms with Gasteiger partial charge in [0, 0.05) is 17.6 Å².